The van der Waals surface area contributed by atoms with Crippen molar-refractivity contribution < 1.29 is 10.0 Å². The van der Waals surface area contributed by atoms with Crippen molar-refractivity contribution in [2.45, 2.75) is 39.2 Å². The van der Waals surface area contributed by atoms with Crippen LogP contribution in [0, 0.1) is 16.0 Å². The van der Waals surface area contributed by atoms with Crippen LogP contribution in [0.25, 0.3) is 0 Å². The van der Waals surface area contributed by atoms with E-state index in [9.17, 15) is 15.2 Å². The van der Waals surface area contributed by atoms with Gasteiger partial charge in [-0.25, -0.2) is 0 Å². The van der Waals surface area contributed by atoms with Crippen LogP contribution >= 0.6 is 0 Å². The minimum atomic E-state index is -0.508. The van der Waals surface area contributed by atoms with Gasteiger partial charge in [-0.05, 0) is 5.92 Å². The molecule has 0 spiro atoms. The predicted octanol–water partition coefficient (Wildman–Crippen LogP) is 2.93. The summed E-state index contributed by atoms with van der Waals surface area (Å²) in [4.78, 5) is 10.4. The van der Waals surface area contributed by atoms with Gasteiger partial charge in [0.2, 0.25) is 0 Å². The molecule has 1 atom stereocenters. The van der Waals surface area contributed by atoms with Crippen LogP contribution in [0.3, 0.4) is 0 Å². The highest BCUT2D eigenvalue weighted by atomic mass is 16.6. The molecule has 0 saturated heterocycles. The van der Waals surface area contributed by atoms with Gasteiger partial charge in [0, 0.05) is 18.1 Å². The molecule has 1 rings (SSSR count). The van der Waals surface area contributed by atoms with Gasteiger partial charge < -0.3 is 5.11 Å². The van der Waals surface area contributed by atoms with E-state index in [1.807, 2.05) is 13.8 Å². The van der Waals surface area contributed by atoms with Gasteiger partial charge in [-0.3, -0.25) is 10.1 Å². The Morgan fingerprint density at radius 2 is 1.88 bits per heavy atom. The van der Waals surface area contributed by atoms with Crippen molar-refractivity contribution in [2.24, 2.45) is 5.92 Å². The highest BCUT2D eigenvalue weighted by Gasteiger charge is 2.20. The van der Waals surface area contributed by atoms with Crippen molar-refractivity contribution in [3.05, 3.63) is 39.9 Å². The number of hydrogen-bond acceptors (Lipinski definition) is 3. The average Bonchev–Trinajstić information content (AvgIpc) is 2.31. The second-order valence-electron chi connectivity index (χ2n) is 4.23. The predicted molar refractivity (Wildman–Crippen MR) is 66.9 cm³/mol. The molecule has 4 heteroatoms. The summed E-state index contributed by atoms with van der Waals surface area (Å²) < 4.78 is 0. The van der Waals surface area contributed by atoms with Crippen molar-refractivity contribution >= 4 is 5.69 Å². The van der Waals surface area contributed by atoms with Crippen LogP contribution in [-0.4, -0.2) is 16.1 Å². The SMILES string of the molecule is CCC(CC)C(O)Cc1ccccc1[N+](=O)[O-]. The number of para-hydroxylation sites is 1. The lowest BCUT2D eigenvalue weighted by Gasteiger charge is -2.19. The topological polar surface area (TPSA) is 63.4 Å². The monoisotopic (exact) mass is 237 g/mol. The van der Waals surface area contributed by atoms with E-state index < -0.39 is 11.0 Å². The van der Waals surface area contributed by atoms with Crippen molar-refractivity contribution in [1.29, 1.82) is 0 Å². The van der Waals surface area contributed by atoms with Crippen LogP contribution in [0.5, 0.6) is 0 Å². The van der Waals surface area contributed by atoms with E-state index in [1.165, 1.54) is 6.07 Å². The second-order valence-corrected chi connectivity index (χ2v) is 4.23. The van der Waals surface area contributed by atoms with Crippen LogP contribution < -0.4 is 0 Å². The zero-order valence-electron chi connectivity index (χ0n) is 10.3. The third kappa shape index (κ3) is 3.53. The molecule has 0 aliphatic carbocycles. The quantitative estimate of drug-likeness (QED) is 0.611. The summed E-state index contributed by atoms with van der Waals surface area (Å²) in [6, 6.07) is 6.60. The van der Waals surface area contributed by atoms with E-state index in [2.05, 4.69) is 0 Å². The fraction of sp³-hybridized carbons (Fsp3) is 0.538. The van der Waals surface area contributed by atoms with E-state index >= 15 is 0 Å². The third-order valence-corrected chi connectivity index (χ3v) is 3.21. The Kier molecular flexibility index (Phi) is 5.10. The first-order chi connectivity index (χ1) is 8.10. The molecule has 0 aliphatic heterocycles. The van der Waals surface area contributed by atoms with Crippen molar-refractivity contribution in [1.82, 2.24) is 0 Å². The molecular formula is C13H19NO3. The minimum absolute atomic E-state index is 0.0949. The molecule has 1 unspecified atom stereocenters. The van der Waals surface area contributed by atoms with Crippen LogP contribution in [0.1, 0.15) is 32.3 Å². The number of rotatable bonds is 6. The standard InChI is InChI=1S/C13H19NO3/c1-3-10(4-2)13(15)9-11-7-5-6-8-12(11)14(16)17/h5-8,10,13,15H,3-4,9H2,1-2H3. The first kappa shape index (κ1) is 13.6. The van der Waals surface area contributed by atoms with Gasteiger partial charge in [0.15, 0.2) is 0 Å². The lowest BCUT2D eigenvalue weighted by molar-refractivity contribution is -0.385. The number of benzene rings is 1. The maximum absolute atomic E-state index is 10.8. The Hall–Kier alpha value is -1.42. The molecule has 0 amide bonds. The number of nitro benzene ring substituents is 1. The summed E-state index contributed by atoms with van der Waals surface area (Å²) >= 11 is 0. The van der Waals surface area contributed by atoms with Crippen molar-refractivity contribution in [3.8, 4) is 0 Å². The molecule has 1 aromatic rings. The number of aliphatic hydroxyl groups is 1. The lowest BCUT2D eigenvalue weighted by atomic mass is 9.91. The van der Waals surface area contributed by atoms with E-state index in [1.54, 1.807) is 18.2 Å². The summed E-state index contributed by atoms with van der Waals surface area (Å²) in [5, 5.41) is 20.9. The molecule has 4 nitrogen and oxygen atoms in total. The number of nitro groups is 1. The van der Waals surface area contributed by atoms with Gasteiger partial charge in [0.05, 0.1) is 11.0 Å². The highest BCUT2D eigenvalue weighted by Crippen LogP contribution is 2.23. The third-order valence-electron chi connectivity index (χ3n) is 3.21. The summed E-state index contributed by atoms with van der Waals surface area (Å²) in [7, 11) is 0. The first-order valence-corrected chi connectivity index (χ1v) is 6.00. The molecule has 1 N–H and O–H groups in total. The normalized spacial score (nSPS) is 12.7. The number of hydrogen-bond donors (Lipinski definition) is 1. The van der Waals surface area contributed by atoms with Gasteiger partial charge >= 0.3 is 0 Å². The molecule has 94 valence electrons. The van der Waals surface area contributed by atoms with Crippen LogP contribution in [0.2, 0.25) is 0 Å². The summed E-state index contributed by atoms with van der Waals surface area (Å²) in [5.74, 6) is 0.204. The Balaban J connectivity index is 2.84. The van der Waals surface area contributed by atoms with Gasteiger partial charge in [-0.2, -0.15) is 0 Å². The van der Waals surface area contributed by atoms with Crippen LogP contribution in [-0.2, 0) is 6.42 Å². The summed E-state index contributed by atoms with van der Waals surface area (Å²) in [6.45, 7) is 4.05. The van der Waals surface area contributed by atoms with E-state index in [4.69, 9.17) is 0 Å². The van der Waals surface area contributed by atoms with Gasteiger partial charge in [-0.15, -0.1) is 0 Å². The molecular weight excluding hydrogens is 218 g/mol. The zero-order chi connectivity index (χ0) is 12.8. The van der Waals surface area contributed by atoms with Gasteiger partial charge in [0.1, 0.15) is 0 Å². The van der Waals surface area contributed by atoms with Gasteiger partial charge in [-0.1, -0.05) is 44.9 Å². The highest BCUT2D eigenvalue weighted by molar-refractivity contribution is 5.40. The first-order valence-electron chi connectivity index (χ1n) is 6.00. The fourth-order valence-electron chi connectivity index (χ4n) is 2.09. The summed E-state index contributed by atoms with van der Waals surface area (Å²) in [5.41, 5.74) is 0.703. The molecule has 1 aromatic carbocycles. The van der Waals surface area contributed by atoms with E-state index in [-0.39, 0.29) is 11.6 Å². The van der Waals surface area contributed by atoms with Gasteiger partial charge in [0.25, 0.3) is 5.69 Å². The molecule has 0 aliphatic rings. The summed E-state index contributed by atoms with van der Waals surface area (Å²) in [6.07, 6.45) is 1.62. The fourth-order valence-corrected chi connectivity index (χ4v) is 2.09. The molecule has 0 heterocycles. The smallest absolute Gasteiger partial charge is 0.272 e. The maximum atomic E-state index is 10.8. The Bertz CT molecular complexity index is 375. The minimum Gasteiger partial charge on any atom is -0.392 e. The van der Waals surface area contributed by atoms with Crippen LogP contribution in [0.15, 0.2) is 24.3 Å². The largest absolute Gasteiger partial charge is 0.392 e. The lowest BCUT2D eigenvalue weighted by Crippen LogP contribution is -2.22. The molecule has 0 bridgehead atoms. The molecule has 0 saturated carbocycles. The number of nitrogens with zero attached hydrogens (tertiary/aromatic N) is 1. The van der Waals surface area contributed by atoms with Crippen LogP contribution in [0.4, 0.5) is 5.69 Å². The molecule has 17 heavy (non-hydrogen) atoms. The zero-order valence-corrected chi connectivity index (χ0v) is 10.3. The Morgan fingerprint density at radius 3 is 2.41 bits per heavy atom. The number of aliphatic hydroxyl groups excluding tert-OH is 1. The average molecular weight is 237 g/mol. The molecule has 0 fully saturated rings. The Labute approximate surface area is 101 Å². The van der Waals surface area contributed by atoms with Crippen molar-refractivity contribution in [3.63, 3.8) is 0 Å². The Morgan fingerprint density at radius 1 is 1.29 bits per heavy atom. The molecule has 0 aromatic heterocycles. The maximum Gasteiger partial charge on any atom is 0.272 e. The molecule has 0 radical (unpaired) electrons. The van der Waals surface area contributed by atoms with E-state index in [0.29, 0.717) is 12.0 Å². The second kappa shape index (κ2) is 6.35. The van der Waals surface area contributed by atoms with Crippen molar-refractivity contribution in [2.75, 3.05) is 0 Å². The van der Waals surface area contributed by atoms with E-state index in [0.717, 1.165) is 12.8 Å².